The van der Waals surface area contributed by atoms with Crippen LogP contribution in [0.15, 0.2) is 30.3 Å². The van der Waals surface area contributed by atoms with Crippen LogP contribution in [0.1, 0.15) is 16.8 Å². The quantitative estimate of drug-likeness (QED) is 0.847. The van der Waals surface area contributed by atoms with Gasteiger partial charge in [-0.3, -0.25) is 4.79 Å². The molecule has 2 rings (SSSR count). The van der Waals surface area contributed by atoms with Crippen molar-refractivity contribution in [1.82, 2.24) is 4.90 Å². The molecule has 1 fully saturated rings. The van der Waals surface area contributed by atoms with E-state index < -0.39 is 0 Å². The first-order valence-corrected chi connectivity index (χ1v) is 5.76. The van der Waals surface area contributed by atoms with Gasteiger partial charge in [0, 0.05) is 19.2 Å². The molecule has 1 aliphatic rings. The summed E-state index contributed by atoms with van der Waals surface area (Å²) in [5.74, 6) is -0.0378. The van der Waals surface area contributed by atoms with Gasteiger partial charge in [0.25, 0.3) is 5.91 Å². The molecule has 1 aromatic rings. The van der Waals surface area contributed by atoms with Crippen molar-refractivity contribution in [3.05, 3.63) is 35.9 Å². The lowest BCUT2D eigenvalue weighted by atomic mass is 10.1. The van der Waals surface area contributed by atoms with Gasteiger partial charge in [0.05, 0.1) is 18.8 Å². The molecule has 4 nitrogen and oxygen atoms in total. The van der Waals surface area contributed by atoms with Gasteiger partial charge in [0.2, 0.25) is 0 Å². The number of benzene rings is 1. The number of carbonyl (C=O) groups is 1. The summed E-state index contributed by atoms with van der Waals surface area (Å²) in [6.45, 7) is 0.536. The van der Waals surface area contributed by atoms with E-state index in [1.54, 1.807) is 24.1 Å². The molecule has 0 spiro atoms. The molecule has 1 amide bonds. The van der Waals surface area contributed by atoms with Crippen LogP contribution < -0.4 is 0 Å². The Hall–Kier alpha value is -1.39. The van der Waals surface area contributed by atoms with Crippen LogP contribution in [0, 0.1) is 0 Å². The number of ether oxygens (including phenoxy) is 1. The first kappa shape index (κ1) is 12.1. The summed E-state index contributed by atoms with van der Waals surface area (Å²) in [4.78, 5) is 13.9. The van der Waals surface area contributed by atoms with Crippen molar-refractivity contribution in [3.63, 3.8) is 0 Å². The molecule has 1 aliphatic heterocycles. The zero-order chi connectivity index (χ0) is 12.3. The predicted octanol–water partition coefficient (Wildman–Crippen LogP) is 0.908. The largest absolute Gasteiger partial charge is 0.394 e. The Labute approximate surface area is 101 Å². The van der Waals surface area contributed by atoms with Crippen molar-refractivity contribution in [2.24, 2.45) is 0 Å². The lowest BCUT2D eigenvalue weighted by molar-refractivity contribution is 0.0648. The minimum atomic E-state index is -0.132. The zero-order valence-corrected chi connectivity index (χ0v) is 9.87. The lowest BCUT2D eigenvalue weighted by Gasteiger charge is -2.22. The number of methoxy groups -OCH3 is 1. The van der Waals surface area contributed by atoms with Crippen LogP contribution in [0.3, 0.4) is 0 Å². The summed E-state index contributed by atoms with van der Waals surface area (Å²) in [6.07, 6.45) is 0.728. The summed E-state index contributed by atoms with van der Waals surface area (Å²) in [6, 6.07) is 9.00. The molecule has 0 saturated carbocycles. The number of hydrogen-bond donors (Lipinski definition) is 1. The zero-order valence-electron chi connectivity index (χ0n) is 9.87. The van der Waals surface area contributed by atoms with Crippen LogP contribution >= 0.6 is 0 Å². The SMILES string of the molecule is CO[C@@H]1C[C@@H](CO)N(C(=O)c2ccccc2)C1. The van der Waals surface area contributed by atoms with E-state index >= 15 is 0 Å². The van der Waals surface area contributed by atoms with Crippen LogP contribution in [-0.4, -0.2) is 48.3 Å². The highest BCUT2D eigenvalue weighted by atomic mass is 16.5. The second kappa shape index (κ2) is 5.29. The van der Waals surface area contributed by atoms with Crippen molar-refractivity contribution in [1.29, 1.82) is 0 Å². The maximum absolute atomic E-state index is 12.2. The molecule has 2 atom stereocenters. The van der Waals surface area contributed by atoms with Crippen molar-refractivity contribution in [3.8, 4) is 0 Å². The average molecular weight is 235 g/mol. The Morgan fingerprint density at radius 2 is 2.18 bits per heavy atom. The minimum absolute atomic E-state index is 0.0154. The minimum Gasteiger partial charge on any atom is -0.394 e. The molecule has 1 aromatic carbocycles. The molecule has 0 radical (unpaired) electrons. The number of aliphatic hydroxyl groups is 1. The van der Waals surface area contributed by atoms with Crippen molar-refractivity contribution >= 4 is 5.91 Å². The second-order valence-electron chi connectivity index (χ2n) is 4.25. The highest BCUT2D eigenvalue weighted by Gasteiger charge is 2.35. The van der Waals surface area contributed by atoms with Gasteiger partial charge in [0.1, 0.15) is 0 Å². The van der Waals surface area contributed by atoms with E-state index in [0.29, 0.717) is 18.5 Å². The van der Waals surface area contributed by atoms with Gasteiger partial charge < -0.3 is 14.7 Å². The Balaban J connectivity index is 2.14. The summed E-state index contributed by atoms with van der Waals surface area (Å²) < 4.78 is 5.25. The number of rotatable bonds is 3. The maximum atomic E-state index is 12.2. The highest BCUT2D eigenvalue weighted by molar-refractivity contribution is 5.94. The van der Waals surface area contributed by atoms with Crippen LogP contribution in [0.4, 0.5) is 0 Å². The molecule has 1 heterocycles. The molecular weight excluding hydrogens is 218 g/mol. The van der Waals surface area contributed by atoms with E-state index in [1.165, 1.54) is 0 Å². The summed E-state index contributed by atoms with van der Waals surface area (Å²) in [7, 11) is 1.63. The number of amides is 1. The standard InChI is InChI=1S/C13H17NO3/c1-17-12-7-11(9-15)14(8-12)13(16)10-5-3-2-4-6-10/h2-6,11-12,15H,7-9H2,1H3/t11-,12+/m0/s1. The van der Waals surface area contributed by atoms with E-state index in [2.05, 4.69) is 0 Å². The van der Waals surface area contributed by atoms with Gasteiger partial charge in [0.15, 0.2) is 0 Å². The van der Waals surface area contributed by atoms with Crippen molar-refractivity contribution in [2.45, 2.75) is 18.6 Å². The van der Waals surface area contributed by atoms with Crippen molar-refractivity contribution < 1.29 is 14.6 Å². The smallest absolute Gasteiger partial charge is 0.254 e. The third kappa shape index (κ3) is 2.48. The van der Waals surface area contributed by atoms with E-state index in [-0.39, 0.29) is 24.7 Å². The van der Waals surface area contributed by atoms with E-state index in [4.69, 9.17) is 4.74 Å². The van der Waals surface area contributed by atoms with Crippen LogP contribution in [-0.2, 0) is 4.74 Å². The Kier molecular flexibility index (Phi) is 3.76. The maximum Gasteiger partial charge on any atom is 0.254 e. The van der Waals surface area contributed by atoms with Crippen LogP contribution in [0.2, 0.25) is 0 Å². The first-order chi connectivity index (χ1) is 8.26. The Morgan fingerprint density at radius 1 is 1.47 bits per heavy atom. The topological polar surface area (TPSA) is 49.8 Å². The van der Waals surface area contributed by atoms with Gasteiger partial charge in [-0.1, -0.05) is 18.2 Å². The monoisotopic (exact) mass is 235 g/mol. The molecule has 92 valence electrons. The Morgan fingerprint density at radius 3 is 2.76 bits per heavy atom. The number of nitrogens with zero attached hydrogens (tertiary/aromatic N) is 1. The number of carbonyl (C=O) groups excluding carboxylic acids is 1. The van der Waals surface area contributed by atoms with Crippen LogP contribution in [0.25, 0.3) is 0 Å². The molecular formula is C13H17NO3. The van der Waals surface area contributed by atoms with Gasteiger partial charge >= 0.3 is 0 Å². The normalized spacial score (nSPS) is 24.0. The molecule has 0 bridgehead atoms. The fourth-order valence-corrected chi connectivity index (χ4v) is 2.21. The van der Waals surface area contributed by atoms with Gasteiger partial charge in [-0.05, 0) is 18.6 Å². The molecule has 1 saturated heterocycles. The van der Waals surface area contributed by atoms with E-state index in [1.807, 2.05) is 18.2 Å². The third-order valence-electron chi connectivity index (χ3n) is 3.20. The summed E-state index contributed by atoms with van der Waals surface area (Å²) >= 11 is 0. The molecule has 0 aromatic heterocycles. The number of likely N-dealkylation sites (tertiary alicyclic amines) is 1. The van der Waals surface area contributed by atoms with Gasteiger partial charge in [-0.2, -0.15) is 0 Å². The highest BCUT2D eigenvalue weighted by Crippen LogP contribution is 2.21. The number of hydrogen-bond acceptors (Lipinski definition) is 3. The summed E-state index contributed by atoms with van der Waals surface area (Å²) in [5.41, 5.74) is 0.655. The fraction of sp³-hybridized carbons (Fsp3) is 0.462. The predicted molar refractivity (Wildman–Crippen MR) is 63.8 cm³/mol. The summed E-state index contributed by atoms with van der Waals surface area (Å²) in [5, 5.41) is 9.30. The molecule has 4 heteroatoms. The van der Waals surface area contributed by atoms with Crippen LogP contribution in [0.5, 0.6) is 0 Å². The molecule has 1 N–H and O–H groups in total. The van der Waals surface area contributed by atoms with E-state index in [9.17, 15) is 9.90 Å². The molecule has 0 unspecified atom stereocenters. The van der Waals surface area contributed by atoms with Gasteiger partial charge in [-0.15, -0.1) is 0 Å². The second-order valence-corrected chi connectivity index (χ2v) is 4.25. The lowest BCUT2D eigenvalue weighted by Crippen LogP contribution is -2.38. The fourth-order valence-electron chi connectivity index (χ4n) is 2.21. The average Bonchev–Trinajstić information content (AvgIpc) is 2.82. The van der Waals surface area contributed by atoms with E-state index in [0.717, 1.165) is 0 Å². The number of aliphatic hydroxyl groups excluding tert-OH is 1. The molecule has 17 heavy (non-hydrogen) atoms. The molecule has 0 aliphatic carbocycles. The third-order valence-corrected chi connectivity index (χ3v) is 3.20. The van der Waals surface area contributed by atoms with Crippen molar-refractivity contribution in [2.75, 3.05) is 20.3 Å². The Bertz CT molecular complexity index is 380. The first-order valence-electron chi connectivity index (χ1n) is 5.76. The van der Waals surface area contributed by atoms with Gasteiger partial charge in [-0.25, -0.2) is 0 Å².